The first-order chi connectivity index (χ1) is 14.5. The van der Waals surface area contributed by atoms with Crippen molar-refractivity contribution in [3.8, 4) is 28.8 Å². The molecule has 1 fully saturated rings. The van der Waals surface area contributed by atoms with Crippen LogP contribution in [0.4, 0.5) is 0 Å². The molecule has 1 aromatic carbocycles. The van der Waals surface area contributed by atoms with Crippen molar-refractivity contribution in [2.75, 3.05) is 33.4 Å². The molecule has 30 heavy (non-hydrogen) atoms. The quantitative estimate of drug-likeness (QED) is 0.654. The number of carbonyl (C=O) groups excluding carboxylic acids is 2. The van der Waals surface area contributed by atoms with Gasteiger partial charge in [-0.05, 0) is 12.1 Å². The summed E-state index contributed by atoms with van der Waals surface area (Å²) in [7, 11) is 1.62. The number of ether oxygens (including phenoxy) is 2. The predicted octanol–water partition coefficient (Wildman–Crippen LogP) is 0.817. The van der Waals surface area contributed by atoms with Gasteiger partial charge in [0.1, 0.15) is 17.5 Å². The summed E-state index contributed by atoms with van der Waals surface area (Å²) in [5.74, 6) is 5.49. The molecule has 8 nitrogen and oxygen atoms in total. The maximum Gasteiger partial charge on any atom is 0.267 e. The second kappa shape index (κ2) is 9.87. The Hall–Kier alpha value is -3.41. The van der Waals surface area contributed by atoms with E-state index in [1.807, 2.05) is 24.3 Å². The van der Waals surface area contributed by atoms with Crippen molar-refractivity contribution in [1.82, 2.24) is 9.88 Å². The number of hydrogen-bond acceptors (Lipinski definition) is 6. The third-order valence-electron chi connectivity index (χ3n) is 4.45. The number of pyridine rings is 1. The van der Waals surface area contributed by atoms with Gasteiger partial charge in [-0.15, -0.1) is 0 Å². The molecule has 0 atom stereocenters. The van der Waals surface area contributed by atoms with Crippen LogP contribution < -0.4 is 10.5 Å². The highest BCUT2D eigenvalue weighted by Crippen LogP contribution is 2.25. The summed E-state index contributed by atoms with van der Waals surface area (Å²) >= 11 is 0. The largest absolute Gasteiger partial charge is 0.485 e. The number of aromatic nitrogens is 1. The molecule has 0 aliphatic carbocycles. The van der Waals surface area contributed by atoms with E-state index in [4.69, 9.17) is 20.3 Å². The van der Waals surface area contributed by atoms with Crippen LogP contribution in [0.3, 0.4) is 0 Å². The molecule has 3 rings (SSSR count). The smallest absolute Gasteiger partial charge is 0.267 e. The molecule has 0 saturated carbocycles. The molecular weight excluding hydrogens is 386 g/mol. The van der Waals surface area contributed by atoms with Gasteiger partial charge in [-0.2, -0.15) is 0 Å². The third kappa shape index (κ3) is 5.56. The second-order valence-corrected chi connectivity index (χ2v) is 6.81. The Morgan fingerprint density at radius 1 is 1.33 bits per heavy atom. The average Bonchev–Trinajstić information content (AvgIpc) is 2.71. The number of aliphatic hydroxyl groups excluding tert-OH is 1. The molecule has 0 spiro atoms. The van der Waals surface area contributed by atoms with Crippen LogP contribution in [-0.2, 0) is 9.53 Å². The first-order valence-electron chi connectivity index (χ1n) is 9.46. The summed E-state index contributed by atoms with van der Waals surface area (Å²) in [6.07, 6.45) is -0.00269. The number of aliphatic hydroxyl groups is 1. The standard InChI is InChI=1S/C22H23N3O5/c1-25(8-9-26)21(27)7-3-5-15-4-2-6-16(10-15)19-11-17(30-18-13-29-14-18)12-20(24-19)22(23)28/h2,4,6,10-12,18,26H,7-9,13-14H2,1H3,(H2,23,28). The van der Waals surface area contributed by atoms with Gasteiger partial charge in [0.2, 0.25) is 5.91 Å². The number of rotatable bonds is 7. The van der Waals surface area contributed by atoms with Crippen molar-refractivity contribution in [2.24, 2.45) is 5.73 Å². The van der Waals surface area contributed by atoms with Gasteiger partial charge in [0.15, 0.2) is 0 Å². The molecule has 1 aromatic heterocycles. The Morgan fingerprint density at radius 3 is 2.80 bits per heavy atom. The van der Waals surface area contributed by atoms with Crippen LogP contribution in [-0.4, -0.2) is 66.3 Å². The fourth-order valence-corrected chi connectivity index (χ4v) is 2.71. The van der Waals surface area contributed by atoms with Gasteiger partial charge < -0.3 is 25.2 Å². The molecule has 2 amide bonds. The number of amides is 2. The minimum absolute atomic E-state index is 0.0532. The van der Waals surface area contributed by atoms with Crippen molar-refractivity contribution in [3.05, 3.63) is 47.7 Å². The molecule has 2 heterocycles. The fraction of sp³-hybridized carbons (Fsp3) is 0.318. The summed E-state index contributed by atoms with van der Waals surface area (Å²) in [5.41, 5.74) is 7.50. The highest BCUT2D eigenvalue weighted by Gasteiger charge is 2.21. The molecule has 2 aromatic rings. The molecule has 3 N–H and O–H groups in total. The van der Waals surface area contributed by atoms with E-state index in [0.717, 1.165) is 5.56 Å². The molecule has 8 heteroatoms. The monoisotopic (exact) mass is 409 g/mol. The van der Waals surface area contributed by atoms with Crippen LogP contribution in [0.1, 0.15) is 22.5 Å². The van der Waals surface area contributed by atoms with E-state index in [1.54, 1.807) is 13.1 Å². The van der Waals surface area contributed by atoms with Gasteiger partial charge in [-0.1, -0.05) is 24.0 Å². The van der Waals surface area contributed by atoms with Gasteiger partial charge in [-0.3, -0.25) is 9.59 Å². The summed E-state index contributed by atoms with van der Waals surface area (Å²) < 4.78 is 10.9. The zero-order valence-corrected chi connectivity index (χ0v) is 16.6. The number of nitrogens with two attached hydrogens (primary N) is 1. The van der Waals surface area contributed by atoms with Crippen LogP contribution in [0.25, 0.3) is 11.3 Å². The lowest BCUT2D eigenvalue weighted by molar-refractivity contribution is -0.129. The number of hydrogen-bond donors (Lipinski definition) is 2. The van der Waals surface area contributed by atoms with Gasteiger partial charge in [0, 0.05) is 36.9 Å². The van der Waals surface area contributed by atoms with Crippen molar-refractivity contribution < 1.29 is 24.2 Å². The maximum atomic E-state index is 11.9. The number of nitrogens with zero attached hydrogens (tertiary/aromatic N) is 2. The summed E-state index contributed by atoms with van der Waals surface area (Å²) in [4.78, 5) is 29.3. The zero-order valence-electron chi connectivity index (χ0n) is 16.6. The van der Waals surface area contributed by atoms with Crippen LogP contribution >= 0.6 is 0 Å². The summed E-state index contributed by atoms with van der Waals surface area (Å²) in [6, 6.07) is 10.6. The van der Waals surface area contributed by atoms with Crippen LogP contribution in [0.5, 0.6) is 5.75 Å². The lowest BCUT2D eigenvalue weighted by atomic mass is 10.1. The number of likely N-dealkylation sites (N-methyl/N-ethyl adjacent to an activating group) is 1. The topological polar surface area (TPSA) is 115 Å². The van der Waals surface area contributed by atoms with Crippen LogP contribution in [0, 0.1) is 11.8 Å². The Morgan fingerprint density at radius 2 is 2.13 bits per heavy atom. The van der Waals surface area contributed by atoms with Crippen LogP contribution in [0.15, 0.2) is 36.4 Å². The number of carbonyl (C=O) groups is 2. The van der Waals surface area contributed by atoms with E-state index in [2.05, 4.69) is 16.8 Å². The minimum atomic E-state index is -0.645. The average molecular weight is 409 g/mol. The van der Waals surface area contributed by atoms with Gasteiger partial charge in [0.05, 0.1) is 31.9 Å². The van der Waals surface area contributed by atoms with Crippen molar-refractivity contribution >= 4 is 11.8 Å². The molecular formula is C22H23N3O5. The SMILES string of the molecule is CN(CCO)C(=O)CC#Cc1cccc(-c2cc(OC3COC3)cc(C(N)=O)n2)c1. The summed E-state index contributed by atoms with van der Waals surface area (Å²) in [5, 5.41) is 8.89. The first-order valence-corrected chi connectivity index (χ1v) is 9.46. The highest BCUT2D eigenvalue weighted by molar-refractivity contribution is 5.92. The Kier molecular flexibility index (Phi) is 7.01. The van der Waals surface area contributed by atoms with Gasteiger partial charge in [-0.25, -0.2) is 4.98 Å². The van der Waals surface area contributed by atoms with E-state index >= 15 is 0 Å². The normalized spacial score (nSPS) is 13.0. The maximum absolute atomic E-state index is 11.9. The fourth-order valence-electron chi connectivity index (χ4n) is 2.71. The lowest BCUT2D eigenvalue weighted by Crippen LogP contribution is -2.38. The van der Waals surface area contributed by atoms with Crippen molar-refractivity contribution in [2.45, 2.75) is 12.5 Å². The molecule has 1 saturated heterocycles. The predicted molar refractivity (Wildman–Crippen MR) is 110 cm³/mol. The first kappa shape index (κ1) is 21.3. The Labute approximate surface area is 174 Å². The Balaban J connectivity index is 1.80. The van der Waals surface area contributed by atoms with Crippen LogP contribution in [0.2, 0.25) is 0 Å². The highest BCUT2D eigenvalue weighted by atomic mass is 16.6. The molecule has 0 bridgehead atoms. The van der Waals surface area contributed by atoms with E-state index in [1.165, 1.54) is 11.0 Å². The minimum Gasteiger partial charge on any atom is -0.485 e. The van der Waals surface area contributed by atoms with E-state index in [-0.39, 0.29) is 37.3 Å². The zero-order chi connectivity index (χ0) is 21.5. The molecule has 0 unspecified atom stereocenters. The second-order valence-electron chi connectivity index (χ2n) is 6.81. The van der Waals surface area contributed by atoms with Gasteiger partial charge in [0.25, 0.3) is 5.91 Å². The number of primary amides is 1. The Bertz CT molecular complexity index is 992. The van der Waals surface area contributed by atoms with E-state index in [9.17, 15) is 9.59 Å². The molecule has 0 radical (unpaired) electrons. The molecule has 1 aliphatic heterocycles. The van der Waals surface area contributed by atoms with E-state index in [0.29, 0.717) is 30.2 Å². The van der Waals surface area contributed by atoms with Crippen molar-refractivity contribution in [1.29, 1.82) is 0 Å². The molecule has 156 valence electrons. The number of benzene rings is 1. The summed E-state index contributed by atoms with van der Waals surface area (Å²) in [6.45, 7) is 1.19. The van der Waals surface area contributed by atoms with E-state index < -0.39 is 5.91 Å². The van der Waals surface area contributed by atoms with Gasteiger partial charge >= 0.3 is 0 Å². The molecule has 1 aliphatic rings. The van der Waals surface area contributed by atoms with Crippen molar-refractivity contribution in [3.63, 3.8) is 0 Å². The third-order valence-corrected chi connectivity index (χ3v) is 4.45. The lowest BCUT2D eigenvalue weighted by Gasteiger charge is -2.27.